The maximum absolute atomic E-state index is 14.4. The summed E-state index contributed by atoms with van der Waals surface area (Å²) in [4.78, 5) is 13.7. The second kappa shape index (κ2) is 8.36. The summed E-state index contributed by atoms with van der Waals surface area (Å²) in [6.07, 6.45) is -2.60. The molecule has 1 atom stereocenters. The first-order valence-corrected chi connectivity index (χ1v) is 10.9. The van der Waals surface area contributed by atoms with Crippen LogP contribution < -0.4 is 4.74 Å². The largest absolute Gasteiger partial charge is 0.484 e. The van der Waals surface area contributed by atoms with Crippen molar-refractivity contribution in [2.45, 2.75) is 24.4 Å². The van der Waals surface area contributed by atoms with Crippen molar-refractivity contribution in [3.05, 3.63) is 59.9 Å². The minimum atomic E-state index is -5.03. The predicted molar refractivity (Wildman–Crippen MR) is 117 cm³/mol. The van der Waals surface area contributed by atoms with Crippen LogP contribution in [0.15, 0.2) is 48.8 Å². The molecule has 2 aromatic carbocycles. The van der Waals surface area contributed by atoms with Crippen LogP contribution in [0.2, 0.25) is 0 Å². The first kappa shape index (κ1) is 23.3. The number of hydrogen-bond donors (Lipinski definition) is 3. The van der Waals surface area contributed by atoms with E-state index in [1.807, 2.05) is 0 Å². The topological polar surface area (TPSA) is 108 Å². The lowest BCUT2D eigenvalue weighted by Gasteiger charge is -2.35. The molecule has 0 radical (unpaired) electrons. The lowest BCUT2D eigenvalue weighted by atomic mass is 9.89. The second-order valence-corrected chi connectivity index (χ2v) is 8.60. The Bertz CT molecular complexity index is 1290. The molecule has 3 aromatic rings. The number of fused-ring (bicyclic) bond motifs is 3. The van der Waals surface area contributed by atoms with E-state index < -0.39 is 36.0 Å². The molecule has 2 heterocycles. The maximum atomic E-state index is 14.4. The van der Waals surface area contributed by atoms with Gasteiger partial charge in [-0.15, -0.1) is 0 Å². The molecule has 1 aromatic heterocycles. The number of ether oxygens (including phenoxy) is 1. The van der Waals surface area contributed by atoms with Gasteiger partial charge in [0.25, 0.3) is 5.91 Å². The number of aliphatic hydroxyl groups excluding tert-OH is 2. The van der Waals surface area contributed by atoms with Gasteiger partial charge in [0.05, 0.1) is 25.5 Å². The van der Waals surface area contributed by atoms with Crippen molar-refractivity contribution in [3.63, 3.8) is 0 Å². The quantitative estimate of drug-likeness (QED) is 0.488. The molecule has 1 aliphatic heterocycles. The molecule has 11 heteroatoms. The third kappa shape index (κ3) is 3.76. The molecule has 1 amide bonds. The summed E-state index contributed by atoms with van der Waals surface area (Å²) in [5.74, 6) is -0.443. The number of hydrogen-bond acceptors (Lipinski definition) is 6. The van der Waals surface area contributed by atoms with E-state index in [9.17, 15) is 33.3 Å². The molecule has 0 spiro atoms. The number of likely N-dealkylation sites (tertiary alicyclic amines) is 1. The molecule has 5 rings (SSSR count). The zero-order valence-electron chi connectivity index (χ0n) is 18.4. The first-order chi connectivity index (χ1) is 16.6. The van der Waals surface area contributed by atoms with Gasteiger partial charge in [-0.3, -0.25) is 9.48 Å². The summed E-state index contributed by atoms with van der Waals surface area (Å²) in [6.45, 7) is -0.0777. The van der Waals surface area contributed by atoms with Gasteiger partial charge in [-0.05, 0) is 28.8 Å². The van der Waals surface area contributed by atoms with E-state index in [1.165, 1.54) is 40.0 Å². The Morgan fingerprint density at radius 1 is 1.17 bits per heavy atom. The molecule has 1 unspecified atom stereocenters. The van der Waals surface area contributed by atoms with Gasteiger partial charge in [-0.2, -0.15) is 18.3 Å². The number of β-amino-alcohol motifs (C(OH)–C–C–N with tert-alkyl or cyclic N) is 1. The number of alkyl halides is 3. The van der Waals surface area contributed by atoms with Gasteiger partial charge in [0, 0.05) is 36.0 Å². The second-order valence-electron chi connectivity index (χ2n) is 8.60. The van der Waals surface area contributed by atoms with Gasteiger partial charge in [0.1, 0.15) is 5.75 Å². The SMILES string of the molecule is O=C(COc1cc(-c2cnn(CCO)c2)c2c(c1)C(O)(C(F)(F)F)c1ccccc1-2)N1CC(O)C1. The van der Waals surface area contributed by atoms with Gasteiger partial charge in [0.2, 0.25) is 5.60 Å². The first-order valence-electron chi connectivity index (χ1n) is 10.9. The number of halogens is 3. The molecular weight excluding hydrogens is 467 g/mol. The Morgan fingerprint density at radius 3 is 2.60 bits per heavy atom. The predicted octanol–water partition coefficient (Wildman–Crippen LogP) is 1.90. The zero-order chi connectivity index (χ0) is 25.0. The Balaban J connectivity index is 1.63. The molecule has 0 bridgehead atoms. The number of carbonyl (C=O) groups is 1. The van der Waals surface area contributed by atoms with Gasteiger partial charge in [-0.1, -0.05) is 24.3 Å². The summed E-state index contributed by atoms with van der Waals surface area (Å²) in [7, 11) is 0. The maximum Gasteiger partial charge on any atom is 0.425 e. The Kier molecular flexibility index (Phi) is 5.58. The average molecular weight is 489 g/mol. The van der Waals surface area contributed by atoms with Crippen molar-refractivity contribution in [2.24, 2.45) is 0 Å². The minimum absolute atomic E-state index is 0.0291. The van der Waals surface area contributed by atoms with Crippen molar-refractivity contribution >= 4 is 5.91 Å². The highest BCUT2D eigenvalue weighted by molar-refractivity contribution is 5.93. The van der Waals surface area contributed by atoms with Crippen LogP contribution in [0, 0.1) is 0 Å². The van der Waals surface area contributed by atoms with Crippen LogP contribution in [0.3, 0.4) is 0 Å². The smallest absolute Gasteiger partial charge is 0.425 e. The van der Waals surface area contributed by atoms with Gasteiger partial charge in [0.15, 0.2) is 6.61 Å². The van der Waals surface area contributed by atoms with E-state index in [1.54, 1.807) is 12.3 Å². The number of benzene rings is 2. The Morgan fingerprint density at radius 2 is 1.91 bits per heavy atom. The van der Waals surface area contributed by atoms with E-state index in [4.69, 9.17) is 4.74 Å². The molecule has 184 valence electrons. The third-order valence-electron chi connectivity index (χ3n) is 6.35. The number of carbonyl (C=O) groups excluding carboxylic acids is 1. The fraction of sp³-hybridized carbons (Fsp3) is 0.333. The molecule has 0 saturated carbocycles. The summed E-state index contributed by atoms with van der Waals surface area (Å²) in [5.41, 5.74) is -2.77. The highest BCUT2D eigenvalue weighted by Crippen LogP contribution is 2.58. The van der Waals surface area contributed by atoms with Crippen LogP contribution in [-0.2, 0) is 16.9 Å². The van der Waals surface area contributed by atoms with Crippen LogP contribution in [0.4, 0.5) is 13.2 Å². The van der Waals surface area contributed by atoms with E-state index in [-0.39, 0.29) is 48.7 Å². The molecule has 8 nitrogen and oxygen atoms in total. The summed E-state index contributed by atoms with van der Waals surface area (Å²) in [5, 5.41) is 33.9. The summed E-state index contributed by atoms with van der Waals surface area (Å²) in [6, 6.07) is 8.39. The molecule has 1 saturated heterocycles. The average Bonchev–Trinajstić information content (AvgIpc) is 3.37. The van der Waals surface area contributed by atoms with Gasteiger partial charge >= 0.3 is 6.18 Å². The molecular formula is C24H22F3N3O5. The lowest BCUT2D eigenvalue weighted by Crippen LogP contribution is -2.54. The third-order valence-corrected chi connectivity index (χ3v) is 6.35. The fourth-order valence-electron chi connectivity index (χ4n) is 4.59. The normalized spacial score (nSPS) is 19.3. The molecule has 35 heavy (non-hydrogen) atoms. The van der Waals surface area contributed by atoms with Gasteiger partial charge in [-0.25, -0.2) is 0 Å². The van der Waals surface area contributed by atoms with Crippen molar-refractivity contribution in [1.29, 1.82) is 0 Å². The number of amides is 1. The molecule has 3 N–H and O–H groups in total. The van der Waals surface area contributed by atoms with E-state index >= 15 is 0 Å². The minimum Gasteiger partial charge on any atom is -0.484 e. The highest BCUT2D eigenvalue weighted by Gasteiger charge is 2.61. The fourth-order valence-corrected chi connectivity index (χ4v) is 4.59. The number of aromatic nitrogens is 2. The van der Waals surface area contributed by atoms with E-state index in [0.717, 1.165) is 6.07 Å². The van der Waals surface area contributed by atoms with Gasteiger partial charge < -0.3 is 25.0 Å². The summed E-state index contributed by atoms with van der Waals surface area (Å²) >= 11 is 0. The van der Waals surface area contributed by atoms with Crippen LogP contribution in [0.25, 0.3) is 22.3 Å². The van der Waals surface area contributed by atoms with Crippen LogP contribution >= 0.6 is 0 Å². The monoisotopic (exact) mass is 489 g/mol. The summed E-state index contributed by atoms with van der Waals surface area (Å²) < 4.78 is 50.1. The zero-order valence-corrected chi connectivity index (χ0v) is 18.4. The molecule has 1 fully saturated rings. The van der Waals surface area contributed by atoms with Crippen molar-refractivity contribution in [2.75, 3.05) is 26.3 Å². The Labute approximate surface area is 197 Å². The van der Waals surface area contributed by atoms with E-state index in [2.05, 4.69) is 5.10 Å². The molecule has 2 aliphatic rings. The number of nitrogens with zero attached hydrogens (tertiary/aromatic N) is 3. The van der Waals surface area contributed by atoms with Crippen molar-refractivity contribution in [3.8, 4) is 28.0 Å². The van der Waals surface area contributed by atoms with Crippen molar-refractivity contribution in [1.82, 2.24) is 14.7 Å². The number of aliphatic hydroxyl groups is 3. The number of rotatable bonds is 6. The van der Waals surface area contributed by atoms with Crippen LogP contribution in [-0.4, -0.2) is 74.5 Å². The van der Waals surface area contributed by atoms with E-state index in [0.29, 0.717) is 11.1 Å². The Hall–Kier alpha value is -3.41. The standard InChI is InChI=1S/C24H22F3N3O5/c25-24(26,27)23(34)19-4-2-1-3-17(19)22-18(14-9-28-30(10-14)5-6-31)7-16(8-20(22)23)35-13-21(33)29-11-15(32)12-29/h1-4,7-10,15,31-32,34H,5-6,11-13H2. The van der Waals surface area contributed by atoms with Crippen LogP contribution in [0.1, 0.15) is 11.1 Å². The lowest BCUT2D eigenvalue weighted by molar-refractivity contribution is -0.246. The highest BCUT2D eigenvalue weighted by atomic mass is 19.4. The van der Waals surface area contributed by atoms with Crippen molar-refractivity contribution < 1.29 is 38.0 Å². The van der Waals surface area contributed by atoms with Crippen LogP contribution in [0.5, 0.6) is 5.75 Å². The molecule has 1 aliphatic carbocycles.